The van der Waals surface area contributed by atoms with Crippen LogP contribution in [0.5, 0.6) is 0 Å². The maximum atomic E-state index is 11.2. The van der Waals surface area contributed by atoms with Gasteiger partial charge < -0.3 is 10.4 Å². The molecule has 0 aromatic heterocycles. The van der Waals surface area contributed by atoms with E-state index in [-0.39, 0.29) is 12.0 Å². The lowest BCUT2D eigenvalue weighted by atomic mass is 9.93. The van der Waals surface area contributed by atoms with Crippen LogP contribution in [0.1, 0.15) is 52.4 Å². The topological polar surface area (TPSA) is 49.3 Å². The fourth-order valence-corrected chi connectivity index (χ4v) is 2.52. The van der Waals surface area contributed by atoms with Crippen LogP contribution >= 0.6 is 0 Å². The zero-order chi connectivity index (χ0) is 11.3. The van der Waals surface area contributed by atoms with E-state index in [9.17, 15) is 9.90 Å². The van der Waals surface area contributed by atoms with Crippen molar-refractivity contribution in [3.63, 3.8) is 0 Å². The van der Waals surface area contributed by atoms with Crippen LogP contribution in [0.15, 0.2) is 0 Å². The summed E-state index contributed by atoms with van der Waals surface area (Å²) in [5.74, 6) is -0.418. The maximum Gasteiger partial charge on any atom is 0.320 e. The van der Waals surface area contributed by atoms with Crippen molar-refractivity contribution in [2.75, 3.05) is 0 Å². The predicted molar refractivity (Wildman–Crippen MR) is 60.9 cm³/mol. The molecule has 0 aromatic rings. The van der Waals surface area contributed by atoms with E-state index in [0.29, 0.717) is 6.04 Å². The van der Waals surface area contributed by atoms with Gasteiger partial charge in [-0.05, 0) is 18.8 Å². The van der Waals surface area contributed by atoms with E-state index in [1.165, 1.54) is 12.8 Å². The van der Waals surface area contributed by atoms with Crippen LogP contribution < -0.4 is 5.32 Å². The summed E-state index contributed by atoms with van der Waals surface area (Å²) in [6.45, 7) is 4.14. The highest BCUT2D eigenvalue weighted by molar-refractivity contribution is 5.73. The van der Waals surface area contributed by atoms with Gasteiger partial charge in [0.1, 0.15) is 6.04 Å². The van der Waals surface area contributed by atoms with E-state index in [1.807, 2.05) is 0 Å². The molecule has 1 atom stereocenters. The monoisotopic (exact) mass is 213 g/mol. The average molecular weight is 213 g/mol. The van der Waals surface area contributed by atoms with Crippen molar-refractivity contribution < 1.29 is 9.90 Å². The Bertz CT molecular complexity index is 196. The number of carboxylic acid groups (broad SMARTS) is 1. The quantitative estimate of drug-likeness (QED) is 0.712. The number of carboxylic acids is 1. The Balaban J connectivity index is 2.52. The molecule has 0 spiro atoms. The number of nitrogens with one attached hydrogen (secondary N) is 1. The summed E-state index contributed by atoms with van der Waals surface area (Å²) in [6.07, 6.45) is 6.65. The van der Waals surface area contributed by atoms with Crippen LogP contribution in [-0.2, 0) is 4.79 Å². The van der Waals surface area contributed by atoms with Crippen LogP contribution in [0.25, 0.3) is 0 Å². The van der Waals surface area contributed by atoms with E-state index < -0.39 is 5.97 Å². The summed E-state index contributed by atoms with van der Waals surface area (Å²) in [4.78, 5) is 11.2. The third-order valence-electron chi connectivity index (χ3n) is 3.56. The Labute approximate surface area is 92.3 Å². The van der Waals surface area contributed by atoms with Crippen molar-refractivity contribution in [2.45, 2.75) is 64.5 Å². The molecule has 2 N–H and O–H groups in total. The molecule has 0 aromatic carbocycles. The first-order chi connectivity index (χ1) is 7.19. The standard InChI is InChI=1S/C12H23NO2/c1-3-9(4-2)11(12(14)15)13-10-7-5-6-8-10/h9-11,13H,3-8H2,1-2H3,(H,14,15). The zero-order valence-electron chi connectivity index (χ0n) is 9.83. The van der Waals surface area contributed by atoms with Gasteiger partial charge in [0.15, 0.2) is 0 Å². The third kappa shape index (κ3) is 3.49. The second-order valence-corrected chi connectivity index (χ2v) is 4.54. The van der Waals surface area contributed by atoms with Gasteiger partial charge in [-0.25, -0.2) is 0 Å². The number of hydrogen-bond donors (Lipinski definition) is 2. The highest BCUT2D eigenvalue weighted by Gasteiger charge is 2.28. The van der Waals surface area contributed by atoms with Gasteiger partial charge in [0.25, 0.3) is 0 Å². The lowest BCUT2D eigenvalue weighted by Gasteiger charge is -2.25. The van der Waals surface area contributed by atoms with Gasteiger partial charge in [-0.15, -0.1) is 0 Å². The Morgan fingerprint density at radius 1 is 1.33 bits per heavy atom. The fourth-order valence-electron chi connectivity index (χ4n) is 2.52. The molecule has 3 nitrogen and oxygen atoms in total. The molecule has 0 amide bonds. The van der Waals surface area contributed by atoms with Crippen molar-refractivity contribution in [3.05, 3.63) is 0 Å². The van der Waals surface area contributed by atoms with Gasteiger partial charge >= 0.3 is 5.97 Å². The van der Waals surface area contributed by atoms with Crippen LogP contribution in [0.3, 0.4) is 0 Å². The summed E-state index contributed by atoms with van der Waals surface area (Å²) in [5, 5.41) is 12.5. The van der Waals surface area contributed by atoms with Gasteiger partial charge in [0, 0.05) is 6.04 Å². The van der Waals surface area contributed by atoms with Gasteiger partial charge in [0.05, 0.1) is 0 Å². The molecule has 0 bridgehead atoms. The van der Waals surface area contributed by atoms with Crippen molar-refractivity contribution in [2.24, 2.45) is 5.92 Å². The second kappa shape index (κ2) is 6.11. The highest BCUT2D eigenvalue weighted by atomic mass is 16.4. The summed E-state index contributed by atoms with van der Waals surface area (Å²) in [7, 11) is 0. The normalized spacial score (nSPS) is 19.7. The predicted octanol–water partition coefficient (Wildman–Crippen LogP) is 2.41. The molecule has 1 rings (SSSR count). The Kier molecular flexibility index (Phi) is 5.09. The number of hydrogen-bond acceptors (Lipinski definition) is 2. The first-order valence-electron chi connectivity index (χ1n) is 6.17. The van der Waals surface area contributed by atoms with E-state index in [1.54, 1.807) is 0 Å². The number of aliphatic carboxylic acids is 1. The summed E-state index contributed by atoms with van der Waals surface area (Å²) in [5.41, 5.74) is 0. The molecular weight excluding hydrogens is 190 g/mol. The molecule has 1 saturated carbocycles. The van der Waals surface area contributed by atoms with Crippen LogP contribution in [-0.4, -0.2) is 23.2 Å². The second-order valence-electron chi connectivity index (χ2n) is 4.54. The van der Waals surface area contributed by atoms with Crippen LogP contribution in [0.2, 0.25) is 0 Å². The molecule has 0 saturated heterocycles. The summed E-state index contributed by atoms with van der Waals surface area (Å²) < 4.78 is 0. The smallest absolute Gasteiger partial charge is 0.320 e. The summed E-state index contributed by atoms with van der Waals surface area (Å²) >= 11 is 0. The van der Waals surface area contributed by atoms with Crippen molar-refractivity contribution in [1.82, 2.24) is 5.32 Å². The van der Waals surface area contributed by atoms with Crippen molar-refractivity contribution >= 4 is 5.97 Å². The Hall–Kier alpha value is -0.570. The fraction of sp³-hybridized carbons (Fsp3) is 0.917. The Morgan fingerprint density at radius 3 is 2.27 bits per heavy atom. The molecule has 15 heavy (non-hydrogen) atoms. The molecule has 1 fully saturated rings. The number of rotatable bonds is 6. The lowest BCUT2D eigenvalue weighted by molar-refractivity contribution is -0.141. The van der Waals surface area contributed by atoms with E-state index in [4.69, 9.17) is 0 Å². The lowest BCUT2D eigenvalue weighted by Crippen LogP contribution is -2.46. The minimum atomic E-state index is -0.685. The molecule has 3 heteroatoms. The minimum absolute atomic E-state index is 0.267. The maximum absolute atomic E-state index is 11.2. The van der Waals surface area contributed by atoms with Gasteiger partial charge in [-0.1, -0.05) is 39.5 Å². The van der Waals surface area contributed by atoms with Gasteiger partial charge in [0.2, 0.25) is 0 Å². The van der Waals surface area contributed by atoms with Crippen molar-refractivity contribution in [3.8, 4) is 0 Å². The number of carbonyl (C=O) groups is 1. The highest BCUT2D eigenvalue weighted by Crippen LogP contribution is 2.21. The first kappa shape index (κ1) is 12.5. The molecule has 0 radical (unpaired) electrons. The SMILES string of the molecule is CCC(CC)C(NC1CCCC1)C(=O)O. The van der Waals surface area contributed by atoms with Crippen LogP contribution in [0.4, 0.5) is 0 Å². The molecule has 1 unspecified atom stereocenters. The molecule has 1 aliphatic rings. The summed E-state index contributed by atoms with van der Waals surface area (Å²) in [6, 6.07) is 0.0924. The molecule has 0 aliphatic heterocycles. The zero-order valence-corrected chi connectivity index (χ0v) is 9.83. The van der Waals surface area contributed by atoms with E-state index in [0.717, 1.165) is 25.7 Å². The first-order valence-corrected chi connectivity index (χ1v) is 6.17. The molecule has 1 aliphatic carbocycles. The molecule has 88 valence electrons. The largest absolute Gasteiger partial charge is 0.480 e. The Morgan fingerprint density at radius 2 is 1.87 bits per heavy atom. The molecule has 0 heterocycles. The van der Waals surface area contributed by atoms with Crippen LogP contribution in [0, 0.1) is 5.92 Å². The van der Waals surface area contributed by atoms with E-state index >= 15 is 0 Å². The molecular formula is C12H23NO2. The average Bonchev–Trinajstić information content (AvgIpc) is 2.70. The minimum Gasteiger partial charge on any atom is -0.480 e. The van der Waals surface area contributed by atoms with Gasteiger partial charge in [-0.3, -0.25) is 4.79 Å². The van der Waals surface area contributed by atoms with E-state index in [2.05, 4.69) is 19.2 Å². The third-order valence-corrected chi connectivity index (χ3v) is 3.56. The van der Waals surface area contributed by atoms with Crippen molar-refractivity contribution in [1.29, 1.82) is 0 Å². The van der Waals surface area contributed by atoms with Gasteiger partial charge in [-0.2, -0.15) is 0 Å².